The van der Waals surface area contributed by atoms with Crippen molar-refractivity contribution in [1.29, 1.82) is 0 Å². The van der Waals surface area contributed by atoms with Gasteiger partial charge in [-0.2, -0.15) is 0 Å². The van der Waals surface area contributed by atoms with Gasteiger partial charge in [-0.1, -0.05) is 30.8 Å². The van der Waals surface area contributed by atoms with E-state index in [1.54, 1.807) is 0 Å². The second-order valence-electron chi connectivity index (χ2n) is 4.87. The molecule has 1 fully saturated rings. The highest BCUT2D eigenvalue weighted by Crippen LogP contribution is 2.34. The molecule has 0 amide bonds. The summed E-state index contributed by atoms with van der Waals surface area (Å²) >= 11 is 1.90. The van der Waals surface area contributed by atoms with Crippen LogP contribution in [0, 0.1) is 0 Å². The van der Waals surface area contributed by atoms with Crippen LogP contribution < -0.4 is 5.32 Å². The number of thioether (sulfide) groups is 1. The number of nitrogens with zero attached hydrogens (tertiary/aromatic N) is 1. The minimum absolute atomic E-state index is 0.703. The fourth-order valence-electron chi connectivity index (χ4n) is 2.66. The quantitative estimate of drug-likeness (QED) is 0.888. The molecule has 1 aromatic carbocycles. The minimum Gasteiger partial charge on any atom is -0.333 e. The van der Waals surface area contributed by atoms with E-state index in [9.17, 15) is 0 Å². The number of rotatable bonds is 4. The van der Waals surface area contributed by atoms with Gasteiger partial charge >= 0.3 is 0 Å². The van der Waals surface area contributed by atoms with E-state index in [0.29, 0.717) is 11.3 Å². The van der Waals surface area contributed by atoms with Gasteiger partial charge in [0.15, 0.2) is 5.16 Å². The number of H-pyrrole nitrogens is 1. The van der Waals surface area contributed by atoms with E-state index in [1.807, 2.05) is 23.9 Å². The molecule has 18 heavy (non-hydrogen) atoms. The molecule has 3 rings (SSSR count). The first-order valence-electron chi connectivity index (χ1n) is 6.70. The Morgan fingerprint density at radius 2 is 2.28 bits per heavy atom. The van der Waals surface area contributed by atoms with Gasteiger partial charge in [0.05, 0.1) is 11.0 Å². The highest BCUT2D eigenvalue weighted by Gasteiger charge is 2.25. The highest BCUT2D eigenvalue weighted by molar-refractivity contribution is 7.99. The molecule has 2 unspecified atom stereocenters. The summed E-state index contributed by atoms with van der Waals surface area (Å²) in [4.78, 5) is 8.03. The van der Waals surface area contributed by atoms with Crippen molar-refractivity contribution in [2.24, 2.45) is 0 Å². The number of fused-ring (bicyclic) bond motifs is 1. The Hall–Kier alpha value is -1.00. The second-order valence-corrected chi connectivity index (χ2v) is 6.16. The number of para-hydroxylation sites is 2. The standard InChI is InChI=1S/C14H19N3S/c1-2-15-10-7-8-11(9-10)18-14-16-12-5-3-4-6-13(12)17-14/h3-6,10-11,15H,2,7-9H2,1H3,(H,16,17). The van der Waals surface area contributed by atoms with Gasteiger partial charge < -0.3 is 10.3 Å². The van der Waals surface area contributed by atoms with E-state index in [1.165, 1.54) is 19.3 Å². The summed E-state index contributed by atoms with van der Waals surface area (Å²) in [6.45, 7) is 3.26. The molecule has 4 heteroatoms. The molecule has 1 heterocycles. The van der Waals surface area contributed by atoms with Gasteiger partial charge in [-0.3, -0.25) is 0 Å². The van der Waals surface area contributed by atoms with Crippen molar-refractivity contribution in [3.63, 3.8) is 0 Å². The van der Waals surface area contributed by atoms with Crippen molar-refractivity contribution in [3.05, 3.63) is 24.3 Å². The average molecular weight is 261 g/mol. The molecule has 1 aromatic heterocycles. The SMILES string of the molecule is CCNC1CCC(Sc2nc3ccccc3[nH]2)C1. The Morgan fingerprint density at radius 1 is 1.39 bits per heavy atom. The maximum Gasteiger partial charge on any atom is 0.166 e. The number of imidazole rings is 1. The van der Waals surface area contributed by atoms with Crippen LogP contribution in [0.15, 0.2) is 29.4 Å². The first-order valence-corrected chi connectivity index (χ1v) is 7.58. The Morgan fingerprint density at radius 3 is 3.11 bits per heavy atom. The Balaban J connectivity index is 1.66. The topological polar surface area (TPSA) is 40.7 Å². The number of hydrogen-bond acceptors (Lipinski definition) is 3. The van der Waals surface area contributed by atoms with Crippen LogP contribution >= 0.6 is 11.8 Å². The fourth-order valence-corrected chi connectivity index (χ4v) is 3.88. The van der Waals surface area contributed by atoms with Gasteiger partial charge in [0, 0.05) is 11.3 Å². The first kappa shape index (κ1) is 12.1. The van der Waals surface area contributed by atoms with Crippen LogP contribution in [0.3, 0.4) is 0 Å². The van der Waals surface area contributed by atoms with Crippen molar-refractivity contribution in [2.45, 2.75) is 42.6 Å². The Labute approximate surface area is 112 Å². The van der Waals surface area contributed by atoms with E-state index in [-0.39, 0.29) is 0 Å². The van der Waals surface area contributed by atoms with Crippen molar-refractivity contribution in [1.82, 2.24) is 15.3 Å². The normalized spacial score (nSPS) is 23.8. The maximum absolute atomic E-state index is 4.63. The number of nitrogens with one attached hydrogen (secondary N) is 2. The molecular formula is C14H19N3S. The van der Waals surface area contributed by atoms with E-state index in [2.05, 4.69) is 34.3 Å². The number of aromatic nitrogens is 2. The molecule has 0 radical (unpaired) electrons. The van der Waals surface area contributed by atoms with E-state index < -0.39 is 0 Å². The summed E-state index contributed by atoms with van der Waals surface area (Å²) in [5, 5.41) is 5.31. The smallest absolute Gasteiger partial charge is 0.166 e. The van der Waals surface area contributed by atoms with Gasteiger partial charge in [0.2, 0.25) is 0 Å². The summed E-state index contributed by atoms with van der Waals surface area (Å²) in [7, 11) is 0. The van der Waals surface area contributed by atoms with Gasteiger partial charge in [0.25, 0.3) is 0 Å². The zero-order valence-corrected chi connectivity index (χ0v) is 11.5. The van der Waals surface area contributed by atoms with Gasteiger partial charge in [0.1, 0.15) is 0 Å². The lowest BCUT2D eigenvalue weighted by Gasteiger charge is -2.10. The lowest BCUT2D eigenvalue weighted by Crippen LogP contribution is -2.26. The van der Waals surface area contributed by atoms with Crippen LogP contribution in [0.5, 0.6) is 0 Å². The predicted molar refractivity (Wildman–Crippen MR) is 77.1 cm³/mol. The lowest BCUT2D eigenvalue weighted by molar-refractivity contribution is 0.543. The molecule has 96 valence electrons. The van der Waals surface area contributed by atoms with Crippen LogP contribution in [-0.4, -0.2) is 27.8 Å². The Bertz CT molecular complexity index is 489. The van der Waals surface area contributed by atoms with E-state index in [0.717, 1.165) is 22.7 Å². The third-order valence-corrected chi connectivity index (χ3v) is 4.70. The molecule has 1 aliphatic rings. The number of aromatic amines is 1. The summed E-state index contributed by atoms with van der Waals surface area (Å²) in [6, 6.07) is 8.94. The third kappa shape index (κ3) is 2.54. The van der Waals surface area contributed by atoms with Crippen LogP contribution in [0.25, 0.3) is 11.0 Å². The molecule has 3 nitrogen and oxygen atoms in total. The zero-order valence-electron chi connectivity index (χ0n) is 10.6. The summed E-state index contributed by atoms with van der Waals surface area (Å²) < 4.78 is 0. The van der Waals surface area contributed by atoms with Crippen LogP contribution in [0.4, 0.5) is 0 Å². The molecule has 2 atom stereocenters. The first-order chi connectivity index (χ1) is 8.85. The highest BCUT2D eigenvalue weighted by atomic mass is 32.2. The Kier molecular flexibility index (Phi) is 3.57. The molecule has 0 bridgehead atoms. The van der Waals surface area contributed by atoms with Crippen LogP contribution in [0.1, 0.15) is 26.2 Å². The van der Waals surface area contributed by atoms with Gasteiger partial charge in [-0.05, 0) is 37.9 Å². The molecule has 2 aromatic rings. The second kappa shape index (κ2) is 5.33. The van der Waals surface area contributed by atoms with E-state index in [4.69, 9.17) is 0 Å². The molecular weight excluding hydrogens is 242 g/mol. The lowest BCUT2D eigenvalue weighted by atomic mass is 10.2. The van der Waals surface area contributed by atoms with Crippen molar-refractivity contribution in [3.8, 4) is 0 Å². The summed E-state index contributed by atoms with van der Waals surface area (Å²) in [5.41, 5.74) is 2.21. The average Bonchev–Trinajstić information content (AvgIpc) is 2.96. The minimum atomic E-state index is 0.703. The molecule has 2 N–H and O–H groups in total. The maximum atomic E-state index is 4.63. The van der Waals surface area contributed by atoms with E-state index >= 15 is 0 Å². The summed E-state index contributed by atoms with van der Waals surface area (Å²) in [5.74, 6) is 0. The van der Waals surface area contributed by atoms with Crippen molar-refractivity contribution < 1.29 is 0 Å². The van der Waals surface area contributed by atoms with Crippen molar-refractivity contribution in [2.75, 3.05) is 6.54 Å². The van der Waals surface area contributed by atoms with Crippen molar-refractivity contribution >= 4 is 22.8 Å². The summed E-state index contributed by atoms with van der Waals surface area (Å²) in [6.07, 6.45) is 3.85. The molecule has 1 saturated carbocycles. The predicted octanol–water partition coefficient (Wildman–Crippen LogP) is 3.19. The molecule has 0 spiro atoms. The third-order valence-electron chi connectivity index (χ3n) is 3.52. The zero-order chi connectivity index (χ0) is 12.4. The number of benzene rings is 1. The fraction of sp³-hybridized carbons (Fsp3) is 0.500. The van der Waals surface area contributed by atoms with Gasteiger partial charge in [-0.15, -0.1) is 0 Å². The van der Waals surface area contributed by atoms with Crippen LogP contribution in [-0.2, 0) is 0 Å². The number of hydrogen-bond donors (Lipinski definition) is 2. The molecule has 1 aliphatic carbocycles. The van der Waals surface area contributed by atoms with Crippen LogP contribution in [0.2, 0.25) is 0 Å². The molecule has 0 aliphatic heterocycles. The largest absolute Gasteiger partial charge is 0.333 e. The monoisotopic (exact) mass is 261 g/mol. The molecule has 0 saturated heterocycles. The van der Waals surface area contributed by atoms with Gasteiger partial charge in [-0.25, -0.2) is 4.98 Å².